The van der Waals surface area contributed by atoms with Crippen molar-refractivity contribution in [1.29, 1.82) is 0 Å². The van der Waals surface area contributed by atoms with E-state index in [4.69, 9.17) is 14.2 Å². The highest BCUT2D eigenvalue weighted by molar-refractivity contribution is 5.91. The number of imide groups is 1. The van der Waals surface area contributed by atoms with Crippen LogP contribution in [0.2, 0.25) is 0 Å². The van der Waals surface area contributed by atoms with Gasteiger partial charge in [-0.2, -0.15) is 0 Å². The van der Waals surface area contributed by atoms with Crippen molar-refractivity contribution in [3.05, 3.63) is 37.0 Å². The molecule has 9 nitrogen and oxygen atoms in total. The monoisotopic (exact) mass is 368 g/mol. The van der Waals surface area contributed by atoms with Crippen LogP contribution in [0.4, 0.5) is 9.59 Å². The van der Waals surface area contributed by atoms with E-state index in [9.17, 15) is 19.2 Å². The Morgan fingerprint density at radius 2 is 1.50 bits per heavy atom. The molecule has 0 heterocycles. The molecule has 0 aliphatic heterocycles. The third kappa shape index (κ3) is 9.26. The molecule has 1 N–H and O–H groups in total. The molecule has 0 saturated carbocycles. The van der Waals surface area contributed by atoms with Crippen molar-refractivity contribution < 1.29 is 33.4 Å². The zero-order valence-corrected chi connectivity index (χ0v) is 15.0. The van der Waals surface area contributed by atoms with Crippen LogP contribution in [-0.2, 0) is 23.8 Å². The van der Waals surface area contributed by atoms with Crippen LogP contribution in [0.1, 0.15) is 13.8 Å². The van der Waals surface area contributed by atoms with Gasteiger partial charge in [0.1, 0.15) is 19.8 Å². The van der Waals surface area contributed by atoms with E-state index < -0.39 is 24.1 Å². The molecule has 144 valence electrons. The number of hydrogen-bond acceptors (Lipinski definition) is 7. The maximum absolute atomic E-state index is 12.1. The standard InChI is InChI=1S/C17H24N2O7/c1-6-9-26-17(23)19(8-11-25-15(21)13(4)5)16(22)18-7-10-24-14(20)12(2)3/h6H,1-2,4,7-11H2,3,5H3,(H,18,22). The van der Waals surface area contributed by atoms with Crippen molar-refractivity contribution in [2.45, 2.75) is 13.8 Å². The lowest BCUT2D eigenvalue weighted by Gasteiger charge is -2.20. The summed E-state index contributed by atoms with van der Waals surface area (Å²) in [5.41, 5.74) is 0.417. The van der Waals surface area contributed by atoms with Gasteiger partial charge in [0, 0.05) is 11.1 Å². The van der Waals surface area contributed by atoms with Crippen molar-refractivity contribution in [2.75, 3.05) is 32.9 Å². The van der Waals surface area contributed by atoms with Crippen LogP contribution in [0.3, 0.4) is 0 Å². The number of amides is 3. The van der Waals surface area contributed by atoms with Crippen LogP contribution in [0.15, 0.2) is 37.0 Å². The first-order valence-corrected chi connectivity index (χ1v) is 7.69. The summed E-state index contributed by atoms with van der Waals surface area (Å²) in [4.78, 5) is 47.3. The largest absolute Gasteiger partial charge is 0.460 e. The van der Waals surface area contributed by atoms with Gasteiger partial charge in [0.15, 0.2) is 0 Å². The van der Waals surface area contributed by atoms with Gasteiger partial charge in [-0.25, -0.2) is 24.1 Å². The number of hydrogen-bond donors (Lipinski definition) is 1. The Morgan fingerprint density at radius 3 is 2.00 bits per heavy atom. The number of rotatable bonds is 10. The van der Waals surface area contributed by atoms with E-state index in [2.05, 4.69) is 25.1 Å². The summed E-state index contributed by atoms with van der Waals surface area (Å²) in [7, 11) is 0. The van der Waals surface area contributed by atoms with Crippen LogP contribution in [0, 0.1) is 0 Å². The average Bonchev–Trinajstić information content (AvgIpc) is 2.59. The summed E-state index contributed by atoms with van der Waals surface area (Å²) in [6, 6.07) is -0.795. The average molecular weight is 368 g/mol. The lowest BCUT2D eigenvalue weighted by Crippen LogP contribution is -2.46. The molecule has 0 rings (SSSR count). The Labute approximate surface area is 152 Å². The Bertz CT molecular complexity index is 584. The van der Waals surface area contributed by atoms with Crippen LogP contribution < -0.4 is 5.32 Å². The highest BCUT2D eigenvalue weighted by Crippen LogP contribution is 1.99. The maximum Gasteiger partial charge on any atom is 0.418 e. The second kappa shape index (κ2) is 12.3. The smallest absolute Gasteiger partial charge is 0.418 e. The van der Waals surface area contributed by atoms with E-state index in [0.717, 1.165) is 4.90 Å². The lowest BCUT2D eigenvalue weighted by molar-refractivity contribution is -0.139. The normalized spacial score (nSPS) is 9.46. The van der Waals surface area contributed by atoms with E-state index in [-0.39, 0.29) is 44.1 Å². The molecule has 0 aliphatic rings. The summed E-state index contributed by atoms with van der Waals surface area (Å²) in [5.74, 6) is -1.23. The van der Waals surface area contributed by atoms with Crippen molar-refractivity contribution in [1.82, 2.24) is 10.2 Å². The van der Waals surface area contributed by atoms with Gasteiger partial charge in [-0.15, -0.1) is 0 Å². The molecule has 26 heavy (non-hydrogen) atoms. The third-order valence-electron chi connectivity index (χ3n) is 2.65. The van der Waals surface area contributed by atoms with Crippen molar-refractivity contribution in [3.8, 4) is 0 Å². The van der Waals surface area contributed by atoms with Crippen LogP contribution in [0.25, 0.3) is 0 Å². The van der Waals surface area contributed by atoms with Gasteiger partial charge >= 0.3 is 24.1 Å². The Balaban J connectivity index is 4.58. The molecule has 0 aliphatic carbocycles. The Kier molecular flexibility index (Phi) is 10.8. The Morgan fingerprint density at radius 1 is 0.962 bits per heavy atom. The number of urea groups is 1. The van der Waals surface area contributed by atoms with E-state index in [1.54, 1.807) is 0 Å². The molecular weight excluding hydrogens is 344 g/mol. The second-order valence-electron chi connectivity index (χ2n) is 5.08. The number of nitrogens with zero attached hydrogens (tertiary/aromatic N) is 1. The maximum atomic E-state index is 12.1. The second-order valence-corrected chi connectivity index (χ2v) is 5.08. The quantitative estimate of drug-likeness (QED) is 0.205. The van der Waals surface area contributed by atoms with Crippen LogP contribution >= 0.6 is 0 Å². The number of carbonyl (C=O) groups excluding carboxylic acids is 4. The molecule has 0 unspecified atom stereocenters. The fourth-order valence-corrected chi connectivity index (χ4v) is 1.36. The summed E-state index contributed by atoms with van der Waals surface area (Å²) < 4.78 is 14.5. The predicted molar refractivity (Wildman–Crippen MR) is 93.2 cm³/mol. The molecule has 0 aromatic heterocycles. The minimum atomic E-state index is -0.937. The van der Waals surface area contributed by atoms with Crippen molar-refractivity contribution in [2.24, 2.45) is 0 Å². The minimum Gasteiger partial charge on any atom is -0.460 e. The number of nitrogens with one attached hydrogen (secondary N) is 1. The molecule has 0 atom stereocenters. The lowest BCUT2D eigenvalue weighted by atomic mass is 10.4. The third-order valence-corrected chi connectivity index (χ3v) is 2.65. The molecule has 0 spiro atoms. The first kappa shape index (κ1) is 22.9. The molecule has 0 bridgehead atoms. The highest BCUT2D eigenvalue weighted by Gasteiger charge is 2.23. The fraction of sp³-hybridized carbons (Fsp3) is 0.412. The number of ether oxygens (including phenoxy) is 3. The molecule has 0 aromatic carbocycles. The SMILES string of the molecule is C=CCOC(=O)N(CCOC(=O)C(=C)C)C(=O)NCCOC(=O)C(=C)C. The highest BCUT2D eigenvalue weighted by atomic mass is 16.6. The van der Waals surface area contributed by atoms with E-state index >= 15 is 0 Å². The first-order valence-electron chi connectivity index (χ1n) is 7.69. The van der Waals surface area contributed by atoms with E-state index in [1.807, 2.05) is 0 Å². The van der Waals surface area contributed by atoms with Gasteiger partial charge in [-0.05, 0) is 13.8 Å². The van der Waals surface area contributed by atoms with Gasteiger partial charge in [0.05, 0.1) is 13.1 Å². The summed E-state index contributed by atoms with van der Waals surface area (Å²) >= 11 is 0. The summed E-state index contributed by atoms with van der Waals surface area (Å²) in [6.45, 7) is 12.5. The molecule has 0 radical (unpaired) electrons. The molecule has 0 aromatic rings. The fourth-order valence-electron chi connectivity index (χ4n) is 1.36. The van der Waals surface area contributed by atoms with Crippen molar-refractivity contribution >= 4 is 24.1 Å². The van der Waals surface area contributed by atoms with Gasteiger partial charge in [-0.1, -0.05) is 25.8 Å². The minimum absolute atomic E-state index is 0.0331. The molecule has 0 fully saturated rings. The topological polar surface area (TPSA) is 111 Å². The van der Waals surface area contributed by atoms with Gasteiger partial charge in [-0.3, -0.25) is 0 Å². The molecular formula is C17H24N2O7. The molecule has 9 heteroatoms. The van der Waals surface area contributed by atoms with E-state index in [1.165, 1.54) is 19.9 Å². The van der Waals surface area contributed by atoms with Gasteiger partial charge < -0.3 is 19.5 Å². The van der Waals surface area contributed by atoms with Gasteiger partial charge in [0.2, 0.25) is 0 Å². The van der Waals surface area contributed by atoms with E-state index in [0.29, 0.717) is 0 Å². The van der Waals surface area contributed by atoms with Crippen LogP contribution in [0.5, 0.6) is 0 Å². The first-order chi connectivity index (χ1) is 12.2. The number of carbonyl (C=O) groups is 4. The predicted octanol–water partition coefficient (Wildman–Crippen LogP) is 1.56. The molecule has 3 amide bonds. The van der Waals surface area contributed by atoms with Gasteiger partial charge in [0.25, 0.3) is 0 Å². The summed E-state index contributed by atoms with van der Waals surface area (Å²) in [5, 5.41) is 2.39. The molecule has 0 saturated heterocycles. The summed E-state index contributed by atoms with van der Waals surface area (Å²) in [6.07, 6.45) is 0.402. The zero-order valence-electron chi connectivity index (χ0n) is 15.0. The number of esters is 2. The van der Waals surface area contributed by atoms with Crippen LogP contribution in [-0.4, -0.2) is 61.9 Å². The zero-order chi connectivity index (χ0) is 20.1. The van der Waals surface area contributed by atoms with Crippen molar-refractivity contribution in [3.63, 3.8) is 0 Å². The Hall–Kier alpha value is -3.10.